The van der Waals surface area contributed by atoms with E-state index in [-0.39, 0.29) is 16.6 Å². The fraction of sp³-hybridized carbons (Fsp3) is 0.923. The molecule has 0 radical (unpaired) electrons. The second kappa shape index (κ2) is 7.27. The molecule has 17 heavy (non-hydrogen) atoms. The Morgan fingerprint density at radius 1 is 1.41 bits per heavy atom. The number of nitrogens with zero attached hydrogens (tertiary/aromatic N) is 1. The van der Waals surface area contributed by atoms with E-state index in [1.54, 1.807) is 11.8 Å². The van der Waals surface area contributed by atoms with Gasteiger partial charge in [-0.3, -0.25) is 4.79 Å². The minimum Gasteiger partial charge on any atom is -0.344 e. The van der Waals surface area contributed by atoms with Gasteiger partial charge in [0.2, 0.25) is 5.91 Å². The minimum atomic E-state index is -0.0111. The van der Waals surface area contributed by atoms with Crippen molar-refractivity contribution < 1.29 is 4.79 Å². The fourth-order valence-corrected chi connectivity index (χ4v) is 2.80. The van der Waals surface area contributed by atoms with Crippen LogP contribution in [0.2, 0.25) is 0 Å². The maximum absolute atomic E-state index is 12.3. The standard InChI is InChI=1S/C13H28N2OS/c1-7-17-11(10(2)3)12(16)15(6)9-13(4,5)8-14/h10-11H,7-9,14H2,1-6H3. The number of amides is 1. The van der Waals surface area contributed by atoms with Crippen molar-refractivity contribution in [1.82, 2.24) is 4.90 Å². The summed E-state index contributed by atoms with van der Waals surface area (Å²) < 4.78 is 0. The lowest BCUT2D eigenvalue weighted by Gasteiger charge is -2.32. The van der Waals surface area contributed by atoms with E-state index < -0.39 is 0 Å². The van der Waals surface area contributed by atoms with Gasteiger partial charge in [-0.25, -0.2) is 0 Å². The smallest absolute Gasteiger partial charge is 0.235 e. The molecule has 0 saturated carbocycles. The molecule has 3 nitrogen and oxygen atoms in total. The Labute approximate surface area is 111 Å². The number of hydrogen-bond donors (Lipinski definition) is 1. The molecule has 0 aromatic carbocycles. The Bertz CT molecular complexity index is 242. The van der Waals surface area contributed by atoms with Crippen molar-refractivity contribution in [2.45, 2.75) is 39.9 Å². The van der Waals surface area contributed by atoms with Crippen LogP contribution in [0.3, 0.4) is 0 Å². The van der Waals surface area contributed by atoms with Gasteiger partial charge in [0.25, 0.3) is 0 Å². The molecule has 0 aromatic heterocycles. The number of hydrogen-bond acceptors (Lipinski definition) is 3. The van der Waals surface area contributed by atoms with Crippen molar-refractivity contribution in [1.29, 1.82) is 0 Å². The van der Waals surface area contributed by atoms with Crippen molar-refractivity contribution in [2.24, 2.45) is 17.1 Å². The third-order valence-corrected chi connectivity index (χ3v) is 4.23. The van der Waals surface area contributed by atoms with Gasteiger partial charge in [-0.15, -0.1) is 11.8 Å². The summed E-state index contributed by atoms with van der Waals surface area (Å²) in [6, 6.07) is 0. The second-order valence-electron chi connectivity index (χ2n) is 5.68. The molecule has 0 aromatic rings. The van der Waals surface area contributed by atoms with Crippen LogP contribution in [-0.4, -0.2) is 41.9 Å². The van der Waals surface area contributed by atoms with E-state index in [1.807, 2.05) is 11.9 Å². The van der Waals surface area contributed by atoms with Gasteiger partial charge < -0.3 is 10.6 Å². The van der Waals surface area contributed by atoms with E-state index in [4.69, 9.17) is 5.73 Å². The summed E-state index contributed by atoms with van der Waals surface area (Å²) in [5.74, 6) is 1.58. The first-order chi connectivity index (χ1) is 7.75. The molecule has 0 rings (SSSR count). The van der Waals surface area contributed by atoms with E-state index >= 15 is 0 Å². The molecule has 1 amide bonds. The van der Waals surface area contributed by atoms with Crippen LogP contribution < -0.4 is 5.73 Å². The number of carbonyl (C=O) groups excluding carboxylic acids is 1. The molecule has 4 heteroatoms. The summed E-state index contributed by atoms with van der Waals surface area (Å²) in [5.41, 5.74) is 5.70. The molecule has 0 bridgehead atoms. The third kappa shape index (κ3) is 5.77. The first-order valence-corrected chi connectivity index (χ1v) is 7.36. The van der Waals surface area contributed by atoms with Crippen molar-refractivity contribution in [3.63, 3.8) is 0 Å². The van der Waals surface area contributed by atoms with Crippen molar-refractivity contribution in [2.75, 3.05) is 25.9 Å². The molecule has 1 unspecified atom stereocenters. The highest BCUT2D eigenvalue weighted by atomic mass is 32.2. The zero-order valence-electron chi connectivity index (χ0n) is 12.1. The van der Waals surface area contributed by atoms with Crippen LogP contribution >= 0.6 is 11.8 Å². The monoisotopic (exact) mass is 260 g/mol. The topological polar surface area (TPSA) is 46.3 Å². The molecular weight excluding hydrogens is 232 g/mol. The lowest BCUT2D eigenvalue weighted by atomic mass is 9.93. The van der Waals surface area contributed by atoms with Crippen LogP contribution in [0.25, 0.3) is 0 Å². The number of carbonyl (C=O) groups is 1. The van der Waals surface area contributed by atoms with Crippen molar-refractivity contribution >= 4 is 17.7 Å². The fourth-order valence-electron chi connectivity index (χ4n) is 1.73. The van der Waals surface area contributed by atoms with Crippen LogP contribution in [0.4, 0.5) is 0 Å². The molecule has 0 saturated heterocycles. The van der Waals surface area contributed by atoms with Gasteiger partial charge in [-0.05, 0) is 23.6 Å². The second-order valence-corrected chi connectivity index (χ2v) is 7.10. The first kappa shape index (κ1) is 16.8. The average Bonchev–Trinajstić information content (AvgIpc) is 2.24. The van der Waals surface area contributed by atoms with E-state index in [9.17, 15) is 4.79 Å². The Morgan fingerprint density at radius 2 is 1.94 bits per heavy atom. The van der Waals surface area contributed by atoms with Gasteiger partial charge in [0, 0.05) is 13.6 Å². The van der Waals surface area contributed by atoms with Crippen LogP contribution in [0.1, 0.15) is 34.6 Å². The highest BCUT2D eigenvalue weighted by Gasteiger charge is 2.28. The maximum atomic E-state index is 12.3. The molecule has 2 N–H and O–H groups in total. The molecule has 0 fully saturated rings. The van der Waals surface area contributed by atoms with Gasteiger partial charge in [-0.2, -0.15) is 0 Å². The van der Waals surface area contributed by atoms with Crippen LogP contribution in [0, 0.1) is 11.3 Å². The van der Waals surface area contributed by atoms with E-state index in [1.165, 1.54) is 0 Å². The molecule has 0 aliphatic rings. The Morgan fingerprint density at radius 3 is 2.29 bits per heavy atom. The van der Waals surface area contributed by atoms with Crippen LogP contribution in [0.15, 0.2) is 0 Å². The molecular formula is C13H28N2OS. The normalized spacial score (nSPS) is 13.9. The Hall–Kier alpha value is -0.220. The molecule has 0 spiro atoms. The average molecular weight is 260 g/mol. The van der Waals surface area contributed by atoms with Gasteiger partial charge in [-0.1, -0.05) is 34.6 Å². The highest BCUT2D eigenvalue weighted by molar-refractivity contribution is 8.00. The predicted octanol–water partition coefficient (Wildman–Crippen LogP) is 2.21. The summed E-state index contributed by atoms with van der Waals surface area (Å²) in [7, 11) is 1.88. The van der Waals surface area contributed by atoms with E-state index in [0.29, 0.717) is 12.5 Å². The quantitative estimate of drug-likeness (QED) is 0.763. The molecule has 1 atom stereocenters. The molecule has 0 heterocycles. The summed E-state index contributed by atoms with van der Waals surface area (Å²) in [4.78, 5) is 14.2. The lowest BCUT2D eigenvalue weighted by Crippen LogP contribution is -2.44. The third-order valence-electron chi connectivity index (χ3n) is 2.79. The summed E-state index contributed by atoms with van der Waals surface area (Å²) in [6.07, 6.45) is 0. The Kier molecular flexibility index (Phi) is 7.17. The van der Waals surface area contributed by atoms with Crippen molar-refractivity contribution in [3.8, 4) is 0 Å². The predicted molar refractivity (Wildman–Crippen MR) is 77.2 cm³/mol. The zero-order valence-corrected chi connectivity index (χ0v) is 12.9. The number of nitrogens with two attached hydrogens (primary N) is 1. The van der Waals surface area contributed by atoms with E-state index in [0.717, 1.165) is 12.3 Å². The van der Waals surface area contributed by atoms with E-state index in [2.05, 4.69) is 34.6 Å². The molecule has 0 aliphatic carbocycles. The molecule has 0 aliphatic heterocycles. The molecule has 102 valence electrons. The number of rotatable bonds is 7. The zero-order chi connectivity index (χ0) is 13.6. The largest absolute Gasteiger partial charge is 0.344 e. The SMILES string of the molecule is CCSC(C(=O)N(C)CC(C)(C)CN)C(C)C. The van der Waals surface area contributed by atoms with Crippen molar-refractivity contribution in [3.05, 3.63) is 0 Å². The van der Waals surface area contributed by atoms with Crippen LogP contribution in [-0.2, 0) is 4.79 Å². The lowest BCUT2D eigenvalue weighted by molar-refractivity contribution is -0.131. The van der Waals surface area contributed by atoms with Gasteiger partial charge in [0.05, 0.1) is 5.25 Å². The Balaban J connectivity index is 4.55. The van der Waals surface area contributed by atoms with Gasteiger partial charge in [0.1, 0.15) is 0 Å². The highest BCUT2D eigenvalue weighted by Crippen LogP contribution is 2.23. The maximum Gasteiger partial charge on any atom is 0.235 e. The summed E-state index contributed by atoms with van der Waals surface area (Å²) in [5, 5.41) is 0.0681. The summed E-state index contributed by atoms with van der Waals surface area (Å²) >= 11 is 1.73. The van der Waals surface area contributed by atoms with Gasteiger partial charge in [0.15, 0.2) is 0 Å². The first-order valence-electron chi connectivity index (χ1n) is 6.31. The van der Waals surface area contributed by atoms with Gasteiger partial charge >= 0.3 is 0 Å². The number of thioether (sulfide) groups is 1. The van der Waals surface area contributed by atoms with Crippen LogP contribution in [0.5, 0.6) is 0 Å². The summed E-state index contributed by atoms with van der Waals surface area (Å²) in [6.45, 7) is 11.8. The minimum absolute atomic E-state index is 0.0111.